The Kier molecular flexibility index (Phi) is 2.37. The van der Waals surface area contributed by atoms with E-state index < -0.39 is 8.07 Å². The number of amidine groups is 1. The lowest BCUT2D eigenvalue weighted by atomic mass is 10.2. The SMILES string of the molecule is C[Si](C)(C)[C@H]1CCC(N)=NC1. The van der Waals surface area contributed by atoms with Gasteiger partial charge in [0.05, 0.1) is 5.84 Å². The lowest BCUT2D eigenvalue weighted by molar-refractivity contribution is 0.707. The second-order valence-electron chi connectivity index (χ2n) is 4.43. The van der Waals surface area contributed by atoms with Crippen molar-refractivity contribution in [2.75, 3.05) is 6.54 Å². The molecule has 0 unspecified atom stereocenters. The van der Waals surface area contributed by atoms with E-state index in [1.54, 1.807) is 0 Å². The van der Waals surface area contributed by atoms with Gasteiger partial charge in [0.2, 0.25) is 0 Å². The smallest absolute Gasteiger partial charge is 0.0937 e. The highest BCUT2D eigenvalue weighted by molar-refractivity contribution is 6.77. The van der Waals surface area contributed by atoms with Crippen LogP contribution >= 0.6 is 0 Å². The van der Waals surface area contributed by atoms with Crippen LogP contribution in [0, 0.1) is 0 Å². The molecule has 0 radical (unpaired) electrons. The van der Waals surface area contributed by atoms with Gasteiger partial charge < -0.3 is 5.73 Å². The third-order valence-corrected chi connectivity index (χ3v) is 5.41. The molecule has 0 saturated carbocycles. The Morgan fingerprint density at radius 2 is 2.09 bits per heavy atom. The van der Waals surface area contributed by atoms with Crippen LogP contribution in [0.1, 0.15) is 12.8 Å². The van der Waals surface area contributed by atoms with E-state index >= 15 is 0 Å². The highest BCUT2D eigenvalue weighted by atomic mass is 28.3. The van der Waals surface area contributed by atoms with Crippen LogP contribution in [0.5, 0.6) is 0 Å². The van der Waals surface area contributed by atoms with Gasteiger partial charge in [0.25, 0.3) is 0 Å². The molecule has 64 valence electrons. The molecule has 1 rings (SSSR count). The summed E-state index contributed by atoms with van der Waals surface area (Å²) in [5, 5.41) is 0. The zero-order valence-electron chi connectivity index (χ0n) is 7.72. The molecule has 2 N–H and O–H groups in total. The van der Waals surface area contributed by atoms with Crippen LogP contribution < -0.4 is 5.73 Å². The molecule has 0 aromatic carbocycles. The first-order valence-corrected chi connectivity index (χ1v) is 7.86. The maximum Gasteiger partial charge on any atom is 0.0937 e. The normalized spacial score (nSPS) is 26.5. The van der Waals surface area contributed by atoms with E-state index in [4.69, 9.17) is 5.73 Å². The summed E-state index contributed by atoms with van der Waals surface area (Å²) in [7, 11) is -0.949. The van der Waals surface area contributed by atoms with Crippen molar-refractivity contribution in [2.24, 2.45) is 10.7 Å². The molecular formula is C8H18N2Si. The first-order valence-electron chi connectivity index (χ1n) is 4.29. The van der Waals surface area contributed by atoms with Crippen LogP contribution in [-0.4, -0.2) is 20.5 Å². The number of hydrogen-bond donors (Lipinski definition) is 1. The van der Waals surface area contributed by atoms with E-state index in [9.17, 15) is 0 Å². The van der Waals surface area contributed by atoms with Crippen LogP contribution in [0.15, 0.2) is 4.99 Å². The fraction of sp³-hybridized carbons (Fsp3) is 0.875. The van der Waals surface area contributed by atoms with Crippen molar-refractivity contribution in [3.63, 3.8) is 0 Å². The minimum Gasteiger partial charge on any atom is -0.387 e. The number of nitrogens with zero attached hydrogens (tertiary/aromatic N) is 1. The Labute approximate surface area is 69.9 Å². The zero-order chi connectivity index (χ0) is 8.48. The number of rotatable bonds is 1. The minimum atomic E-state index is -0.949. The molecule has 1 heterocycles. The molecule has 0 aromatic heterocycles. The van der Waals surface area contributed by atoms with Gasteiger partial charge in [0.1, 0.15) is 0 Å². The van der Waals surface area contributed by atoms with Gasteiger partial charge in [-0.05, 0) is 12.0 Å². The van der Waals surface area contributed by atoms with Gasteiger partial charge in [-0.2, -0.15) is 0 Å². The van der Waals surface area contributed by atoms with Crippen LogP contribution in [0.4, 0.5) is 0 Å². The second kappa shape index (κ2) is 2.97. The number of hydrogen-bond acceptors (Lipinski definition) is 2. The third kappa shape index (κ3) is 2.33. The molecule has 3 heteroatoms. The largest absolute Gasteiger partial charge is 0.387 e. The summed E-state index contributed by atoms with van der Waals surface area (Å²) in [6, 6.07) is 0. The highest BCUT2D eigenvalue weighted by Crippen LogP contribution is 2.29. The molecule has 0 spiro atoms. The lowest BCUT2D eigenvalue weighted by Gasteiger charge is -2.30. The van der Waals surface area contributed by atoms with Crippen molar-refractivity contribution >= 4 is 13.9 Å². The van der Waals surface area contributed by atoms with Crippen molar-refractivity contribution in [2.45, 2.75) is 38.0 Å². The van der Waals surface area contributed by atoms with E-state index in [0.717, 1.165) is 24.3 Å². The van der Waals surface area contributed by atoms with E-state index in [2.05, 4.69) is 24.6 Å². The molecule has 11 heavy (non-hydrogen) atoms. The monoisotopic (exact) mass is 170 g/mol. The lowest BCUT2D eigenvalue weighted by Crippen LogP contribution is -2.34. The molecule has 1 aliphatic rings. The molecule has 1 aliphatic heterocycles. The van der Waals surface area contributed by atoms with Crippen LogP contribution in [-0.2, 0) is 0 Å². The van der Waals surface area contributed by atoms with E-state index in [0.29, 0.717) is 0 Å². The average molecular weight is 170 g/mol. The molecule has 1 atom stereocenters. The van der Waals surface area contributed by atoms with Gasteiger partial charge in [0.15, 0.2) is 0 Å². The van der Waals surface area contributed by atoms with Crippen molar-refractivity contribution < 1.29 is 0 Å². The molecule has 0 aliphatic carbocycles. The molecule has 0 aromatic rings. The van der Waals surface area contributed by atoms with Crippen LogP contribution in [0.3, 0.4) is 0 Å². The third-order valence-electron chi connectivity index (χ3n) is 2.49. The topological polar surface area (TPSA) is 38.4 Å². The molecular weight excluding hydrogens is 152 g/mol. The molecule has 0 bridgehead atoms. The van der Waals surface area contributed by atoms with Crippen molar-refractivity contribution in [1.82, 2.24) is 0 Å². The first kappa shape index (κ1) is 8.78. The fourth-order valence-corrected chi connectivity index (χ4v) is 3.08. The maximum absolute atomic E-state index is 5.61. The van der Waals surface area contributed by atoms with Gasteiger partial charge in [0, 0.05) is 21.0 Å². The second-order valence-corrected chi connectivity index (χ2v) is 9.98. The summed E-state index contributed by atoms with van der Waals surface area (Å²) in [6.07, 6.45) is 2.29. The molecule has 2 nitrogen and oxygen atoms in total. The van der Waals surface area contributed by atoms with E-state index in [1.165, 1.54) is 6.42 Å². The Balaban J connectivity index is 2.54. The average Bonchev–Trinajstić information content (AvgIpc) is 1.86. The van der Waals surface area contributed by atoms with E-state index in [-0.39, 0.29) is 0 Å². The summed E-state index contributed by atoms with van der Waals surface area (Å²) in [4.78, 5) is 4.31. The van der Waals surface area contributed by atoms with E-state index in [1.807, 2.05) is 0 Å². The predicted octanol–water partition coefficient (Wildman–Crippen LogP) is 1.85. The predicted molar refractivity (Wildman–Crippen MR) is 52.8 cm³/mol. The summed E-state index contributed by atoms with van der Waals surface area (Å²) < 4.78 is 0. The minimum absolute atomic E-state index is 0.856. The Hall–Kier alpha value is -0.313. The maximum atomic E-state index is 5.61. The fourth-order valence-electron chi connectivity index (χ4n) is 1.43. The van der Waals surface area contributed by atoms with Gasteiger partial charge in [-0.15, -0.1) is 0 Å². The summed E-state index contributed by atoms with van der Waals surface area (Å²) in [6.45, 7) is 8.22. The zero-order valence-corrected chi connectivity index (χ0v) is 8.72. The number of aliphatic imine (C=N–C) groups is 1. The summed E-state index contributed by atoms with van der Waals surface area (Å²) in [5.74, 6) is 0.861. The van der Waals surface area contributed by atoms with Crippen molar-refractivity contribution in [3.05, 3.63) is 0 Å². The van der Waals surface area contributed by atoms with Crippen LogP contribution in [0.25, 0.3) is 0 Å². The standard InChI is InChI=1S/C8H18N2Si/c1-11(2,3)7-4-5-8(9)10-6-7/h7H,4-6H2,1-3H3,(H2,9,10)/t7-/m0/s1. The molecule has 0 saturated heterocycles. The summed E-state index contributed by atoms with van der Waals surface area (Å²) in [5.41, 5.74) is 6.46. The first-order chi connectivity index (χ1) is 5.00. The molecule has 0 fully saturated rings. The Morgan fingerprint density at radius 3 is 2.45 bits per heavy atom. The Bertz CT molecular complexity index is 169. The van der Waals surface area contributed by atoms with Gasteiger partial charge in [-0.25, -0.2) is 0 Å². The van der Waals surface area contributed by atoms with Crippen molar-refractivity contribution in [3.8, 4) is 0 Å². The Morgan fingerprint density at radius 1 is 1.45 bits per heavy atom. The van der Waals surface area contributed by atoms with Crippen LogP contribution in [0.2, 0.25) is 25.2 Å². The van der Waals surface area contributed by atoms with Crippen molar-refractivity contribution in [1.29, 1.82) is 0 Å². The number of nitrogens with two attached hydrogens (primary N) is 1. The van der Waals surface area contributed by atoms with Gasteiger partial charge in [-0.3, -0.25) is 4.99 Å². The van der Waals surface area contributed by atoms with Gasteiger partial charge in [-0.1, -0.05) is 19.6 Å². The highest BCUT2D eigenvalue weighted by Gasteiger charge is 2.27. The van der Waals surface area contributed by atoms with Gasteiger partial charge >= 0.3 is 0 Å². The summed E-state index contributed by atoms with van der Waals surface area (Å²) >= 11 is 0. The molecule has 0 amide bonds. The quantitative estimate of drug-likeness (QED) is 0.599.